The average molecular weight is 502 g/mol. The molecule has 9 heteroatoms. The van der Waals surface area contributed by atoms with E-state index in [-0.39, 0.29) is 11.7 Å². The summed E-state index contributed by atoms with van der Waals surface area (Å²) in [6, 6.07) is 14.8. The number of nitrogens with two attached hydrogens (primary N) is 1. The van der Waals surface area contributed by atoms with E-state index in [1.54, 1.807) is 53.5 Å². The molecule has 0 atom stereocenters. The van der Waals surface area contributed by atoms with Crippen LogP contribution in [0.2, 0.25) is 0 Å². The van der Waals surface area contributed by atoms with Crippen LogP contribution in [0, 0.1) is 11.4 Å². The van der Waals surface area contributed by atoms with E-state index in [1.807, 2.05) is 28.9 Å². The highest BCUT2D eigenvalue weighted by Crippen LogP contribution is 2.39. The van der Waals surface area contributed by atoms with Crippen molar-refractivity contribution >= 4 is 39.3 Å². The van der Waals surface area contributed by atoms with Crippen LogP contribution in [0.15, 0.2) is 67.1 Å². The fourth-order valence-electron chi connectivity index (χ4n) is 4.16. The zero-order valence-electron chi connectivity index (χ0n) is 19.8. The molecule has 0 unspecified atom stereocenters. The molecule has 1 aliphatic heterocycles. The maximum Gasteiger partial charge on any atom is 0.267 e. The van der Waals surface area contributed by atoms with E-state index in [2.05, 4.69) is 4.98 Å². The number of carbonyl (C=O) groups is 2. The number of nitrogens with zero attached hydrogens (tertiary/aromatic N) is 2. The fraction of sp³-hybridized carbons (Fsp3) is 0.111. The van der Waals surface area contributed by atoms with E-state index in [1.165, 1.54) is 32.7 Å². The lowest BCUT2D eigenvalue weighted by molar-refractivity contribution is -0.612. The number of rotatable bonds is 7. The number of pyridine rings is 1. The molecule has 0 saturated heterocycles. The number of aromatic nitrogens is 2. The van der Waals surface area contributed by atoms with E-state index in [0.717, 1.165) is 10.9 Å². The van der Waals surface area contributed by atoms with Crippen LogP contribution in [0.25, 0.3) is 10.9 Å². The first-order chi connectivity index (χ1) is 17.5. The van der Waals surface area contributed by atoms with Gasteiger partial charge in [0.2, 0.25) is 5.75 Å². The quantitative estimate of drug-likeness (QED) is 0.136. The van der Waals surface area contributed by atoms with Gasteiger partial charge < -0.3 is 24.5 Å². The van der Waals surface area contributed by atoms with Gasteiger partial charge in [-0.1, -0.05) is 23.9 Å². The van der Waals surface area contributed by atoms with E-state index < -0.39 is 0 Å². The Morgan fingerprint density at radius 3 is 2.47 bits per heavy atom. The second kappa shape index (κ2) is 9.73. The van der Waals surface area contributed by atoms with Gasteiger partial charge in [-0.15, -0.1) is 18.2 Å². The summed E-state index contributed by atoms with van der Waals surface area (Å²) >= 11 is 1.49. The molecular formula is C27H23N3O5S. The van der Waals surface area contributed by atoms with Crippen LogP contribution in [0.3, 0.4) is 0 Å². The van der Waals surface area contributed by atoms with Crippen LogP contribution in [-0.4, -0.2) is 43.4 Å². The van der Waals surface area contributed by atoms with Crippen molar-refractivity contribution in [2.45, 2.75) is 0 Å². The number of hydrogen-bond donors (Lipinski definition) is 1. The molecule has 2 aromatic carbocycles. The number of ketones is 1. The van der Waals surface area contributed by atoms with Gasteiger partial charge >= 0.3 is 0 Å². The standard InChI is InChI=1S/C27H23N3O5S/c1-33-22-12-17(13-23(34-2)25(22)35-3)24(31)19-7-4-8-21-18(19)9-11-30(21)27(32)20-15-36-26(29-20)16-6-5-10-28-14-16/h4-15H,29H2,1-3H3. The van der Waals surface area contributed by atoms with E-state index in [0.29, 0.717) is 45.3 Å². The first-order valence-corrected chi connectivity index (χ1v) is 11.9. The predicted molar refractivity (Wildman–Crippen MR) is 135 cm³/mol. The van der Waals surface area contributed by atoms with E-state index in [9.17, 15) is 9.59 Å². The van der Waals surface area contributed by atoms with Gasteiger partial charge in [0.15, 0.2) is 28.6 Å². The molecule has 36 heavy (non-hydrogen) atoms. The third-order valence-corrected chi connectivity index (χ3v) is 6.89. The summed E-state index contributed by atoms with van der Waals surface area (Å²) in [7, 11) is 4.51. The average Bonchev–Trinajstić information content (AvgIpc) is 3.60. The number of hydrogen-bond acceptors (Lipinski definition) is 6. The van der Waals surface area contributed by atoms with Gasteiger partial charge in [0.1, 0.15) is 5.52 Å². The van der Waals surface area contributed by atoms with Gasteiger partial charge in [0.25, 0.3) is 11.3 Å². The minimum atomic E-state index is -0.223. The third kappa shape index (κ3) is 4.04. The van der Waals surface area contributed by atoms with Crippen molar-refractivity contribution < 1.29 is 33.7 Å². The van der Waals surface area contributed by atoms with Gasteiger partial charge in [-0.05, 0) is 41.4 Å². The molecule has 0 amide bonds. The normalized spacial score (nSPS) is 12.8. The van der Waals surface area contributed by atoms with Crippen LogP contribution in [-0.2, 0) is 11.4 Å². The molecular weight excluding hydrogens is 478 g/mol. The highest BCUT2D eigenvalue weighted by molar-refractivity contribution is 7.81. The Morgan fingerprint density at radius 1 is 1.03 bits per heavy atom. The molecule has 1 aliphatic rings. The number of ether oxygens (including phenoxy) is 3. The smallest absolute Gasteiger partial charge is 0.267 e. The second-order valence-corrected chi connectivity index (χ2v) is 8.82. The minimum absolute atomic E-state index is 0.172. The highest BCUT2D eigenvalue weighted by atomic mass is 32.1. The number of fused-ring (bicyclic) bond motifs is 1. The van der Waals surface area contributed by atoms with Gasteiger partial charge in [-0.25, -0.2) is 4.57 Å². The first-order valence-electron chi connectivity index (χ1n) is 11.0. The summed E-state index contributed by atoms with van der Waals surface area (Å²) in [4.78, 5) is 31.1. The van der Waals surface area contributed by atoms with Crippen LogP contribution < -0.4 is 24.1 Å². The zero-order chi connectivity index (χ0) is 25.2. The number of methoxy groups -OCH3 is 3. The largest absolute Gasteiger partial charge is 0.493 e. The van der Waals surface area contributed by atoms with Crippen molar-refractivity contribution in [3.8, 4) is 17.2 Å². The van der Waals surface area contributed by atoms with Crippen LogP contribution in [0.5, 0.6) is 17.2 Å². The van der Waals surface area contributed by atoms with Gasteiger partial charge in [-0.3, -0.25) is 9.59 Å². The van der Waals surface area contributed by atoms with E-state index >= 15 is 0 Å². The number of carbonyl (C=O) groups excluding carboxylic acids is 2. The molecule has 0 fully saturated rings. The molecule has 0 radical (unpaired) electrons. The van der Waals surface area contributed by atoms with Crippen molar-refractivity contribution in [2.75, 3.05) is 21.3 Å². The predicted octanol–water partition coefficient (Wildman–Crippen LogP) is 1.67. The SMILES string of the molecule is COc1cc(C(=O)c2ccc[c-]3c2cc[n+]3C(=O)[C-]2C=[S+][C-](c3cccnc3)[NH2+]2)cc(OC)c1OC. The molecule has 4 aromatic rings. The van der Waals surface area contributed by atoms with E-state index in [4.69, 9.17) is 14.2 Å². The van der Waals surface area contributed by atoms with Crippen molar-refractivity contribution in [3.63, 3.8) is 0 Å². The van der Waals surface area contributed by atoms with Crippen molar-refractivity contribution in [2.24, 2.45) is 0 Å². The maximum absolute atomic E-state index is 13.6. The van der Waals surface area contributed by atoms with Gasteiger partial charge in [0.05, 0.1) is 32.9 Å². The third-order valence-electron chi connectivity index (χ3n) is 5.92. The summed E-state index contributed by atoms with van der Waals surface area (Å²) in [5.74, 6) is 0.796. The van der Waals surface area contributed by atoms with Crippen LogP contribution in [0.4, 0.5) is 0 Å². The Kier molecular flexibility index (Phi) is 6.32. The van der Waals surface area contributed by atoms with Crippen molar-refractivity contribution in [1.82, 2.24) is 4.98 Å². The van der Waals surface area contributed by atoms with Crippen LogP contribution >= 0.6 is 0 Å². The monoisotopic (exact) mass is 501 g/mol. The molecule has 2 aromatic heterocycles. The summed E-state index contributed by atoms with van der Waals surface area (Å²) in [6.45, 7) is 0. The molecule has 3 heterocycles. The molecule has 5 rings (SSSR count). The van der Waals surface area contributed by atoms with Crippen LogP contribution in [0.1, 0.15) is 26.3 Å². The van der Waals surface area contributed by atoms with Gasteiger partial charge in [-0.2, -0.15) is 0 Å². The first kappa shape index (κ1) is 23.4. The number of benzene rings is 2. The fourth-order valence-corrected chi connectivity index (χ4v) is 5.03. The van der Waals surface area contributed by atoms with Gasteiger partial charge in [0, 0.05) is 5.56 Å². The lowest BCUT2D eigenvalue weighted by Crippen LogP contribution is -2.88. The van der Waals surface area contributed by atoms with Crippen molar-refractivity contribution in [3.05, 3.63) is 95.2 Å². The zero-order valence-corrected chi connectivity index (χ0v) is 20.7. The highest BCUT2D eigenvalue weighted by Gasteiger charge is 2.30. The Balaban J connectivity index is 1.46. The summed E-state index contributed by atoms with van der Waals surface area (Å²) in [6.07, 6.45) is 5.18. The molecule has 0 bridgehead atoms. The lowest BCUT2D eigenvalue weighted by Gasteiger charge is -2.16. The lowest BCUT2D eigenvalue weighted by atomic mass is 9.99. The molecule has 8 nitrogen and oxygen atoms in total. The molecule has 2 N–H and O–H groups in total. The Bertz CT molecular complexity index is 1460. The molecule has 0 saturated carbocycles. The number of quaternary nitrogens is 1. The Hall–Kier alpha value is -4.34. The Morgan fingerprint density at radius 2 is 1.81 bits per heavy atom. The minimum Gasteiger partial charge on any atom is -0.493 e. The summed E-state index contributed by atoms with van der Waals surface area (Å²) in [5.41, 5.74) is 2.45. The summed E-state index contributed by atoms with van der Waals surface area (Å²) in [5, 5.41) is 5.33. The van der Waals surface area contributed by atoms with Crippen molar-refractivity contribution in [1.29, 1.82) is 0 Å². The molecule has 182 valence electrons. The maximum atomic E-state index is 13.6. The Labute approximate surface area is 211 Å². The second-order valence-electron chi connectivity index (χ2n) is 7.91. The molecule has 0 aliphatic carbocycles. The summed E-state index contributed by atoms with van der Waals surface area (Å²) < 4.78 is 17.7. The topological polar surface area (TPSA) is 95.2 Å². The molecule has 0 spiro atoms.